The molecule has 1 aliphatic rings. The summed E-state index contributed by atoms with van der Waals surface area (Å²) in [6.07, 6.45) is 6.58. The summed E-state index contributed by atoms with van der Waals surface area (Å²) in [7, 11) is 0. The van der Waals surface area contributed by atoms with E-state index in [4.69, 9.17) is 22.1 Å². The number of rotatable bonds is 3. The first kappa shape index (κ1) is 16.0. The highest BCUT2D eigenvalue weighted by atomic mass is 35.5. The van der Waals surface area contributed by atoms with E-state index >= 15 is 0 Å². The topological polar surface area (TPSA) is 48.1 Å². The zero-order chi connectivity index (χ0) is 16.2. The molecule has 2 aromatic rings. The summed E-state index contributed by atoms with van der Waals surface area (Å²) in [4.78, 5) is 4.34. The minimum Gasteiger partial charge on any atom is -0.439 e. The van der Waals surface area contributed by atoms with Gasteiger partial charge in [0, 0.05) is 12.1 Å². The van der Waals surface area contributed by atoms with E-state index in [-0.39, 0.29) is 0 Å². The fourth-order valence-corrected chi connectivity index (χ4v) is 2.86. The highest BCUT2D eigenvalue weighted by molar-refractivity contribution is 6.31. The molecule has 0 unspecified atom stereocenters. The summed E-state index contributed by atoms with van der Waals surface area (Å²) in [5, 5.41) is 0.645. The van der Waals surface area contributed by atoms with E-state index in [2.05, 4.69) is 17.1 Å². The number of nitrogens with two attached hydrogens (primary N) is 1. The number of benzene rings is 1. The van der Waals surface area contributed by atoms with Gasteiger partial charge in [0.15, 0.2) is 0 Å². The van der Waals surface area contributed by atoms with Crippen LogP contribution in [0.3, 0.4) is 0 Å². The van der Waals surface area contributed by atoms with E-state index in [0.29, 0.717) is 16.9 Å². The molecular weight excluding hydrogens is 308 g/mol. The maximum Gasteiger partial charge on any atom is 0.219 e. The lowest BCUT2D eigenvalue weighted by Gasteiger charge is -2.20. The SMILES string of the molecule is Cc1nc(Oc2cccc(C=C3CCC(N)CC3)c2)ccc1Cl. The predicted molar refractivity (Wildman–Crippen MR) is 94.9 cm³/mol. The largest absolute Gasteiger partial charge is 0.439 e. The Morgan fingerprint density at radius 2 is 2.00 bits per heavy atom. The summed E-state index contributed by atoms with van der Waals surface area (Å²) in [5.74, 6) is 1.33. The molecule has 120 valence electrons. The summed E-state index contributed by atoms with van der Waals surface area (Å²) in [6.45, 7) is 1.86. The average Bonchev–Trinajstić information content (AvgIpc) is 2.54. The van der Waals surface area contributed by atoms with Crippen molar-refractivity contribution in [2.24, 2.45) is 5.73 Å². The van der Waals surface area contributed by atoms with Crippen LogP contribution in [0.25, 0.3) is 6.08 Å². The quantitative estimate of drug-likeness (QED) is 0.850. The van der Waals surface area contributed by atoms with Gasteiger partial charge in [-0.25, -0.2) is 4.98 Å². The van der Waals surface area contributed by atoms with Crippen LogP contribution in [0.15, 0.2) is 42.0 Å². The van der Waals surface area contributed by atoms with Gasteiger partial charge in [0.05, 0.1) is 10.7 Å². The molecule has 4 heteroatoms. The van der Waals surface area contributed by atoms with E-state index in [1.165, 1.54) is 5.57 Å². The first-order valence-electron chi connectivity index (χ1n) is 7.96. The van der Waals surface area contributed by atoms with Crippen LogP contribution >= 0.6 is 11.6 Å². The van der Waals surface area contributed by atoms with Crippen LogP contribution in [0.5, 0.6) is 11.6 Å². The first-order valence-corrected chi connectivity index (χ1v) is 8.34. The molecule has 0 radical (unpaired) electrons. The number of nitrogens with zero attached hydrogens (tertiary/aromatic N) is 1. The van der Waals surface area contributed by atoms with Crippen molar-refractivity contribution >= 4 is 17.7 Å². The van der Waals surface area contributed by atoms with Gasteiger partial charge in [0.25, 0.3) is 0 Å². The van der Waals surface area contributed by atoms with E-state index in [9.17, 15) is 0 Å². The summed E-state index contributed by atoms with van der Waals surface area (Å²) in [5.41, 5.74) is 9.34. The molecule has 0 aliphatic heterocycles. The zero-order valence-corrected chi connectivity index (χ0v) is 14.0. The monoisotopic (exact) mass is 328 g/mol. The van der Waals surface area contributed by atoms with Crippen molar-refractivity contribution < 1.29 is 4.74 Å². The second-order valence-electron chi connectivity index (χ2n) is 6.03. The van der Waals surface area contributed by atoms with Gasteiger partial charge < -0.3 is 10.5 Å². The van der Waals surface area contributed by atoms with E-state index in [1.807, 2.05) is 25.1 Å². The molecule has 23 heavy (non-hydrogen) atoms. The molecule has 1 aromatic carbocycles. The van der Waals surface area contributed by atoms with E-state index in [1.54, 1.807) is 12.1 Å². The fourth-order valence-electron chi connectivity index (χ4n) is 2.76. The Bertz CT molecular complexity index is 717. The van der Waals surface area contributed by atoms with E-state index in [0.717, 1.165) is 42.7 Å². The number of aromatic nitrogens is 1. The molecule has 0 bridgehead atoms. The summed E-state index contributed by atoms with van der Waals surface area (Å²) in [6, 6.07) is 12.0. The van der Waals surface area contributed by atoms with Crippen molar-refractivity contribution in [3.8, 4) is 11.6 Å². The molecule has 1 fully saturated rings. The van der Waals surface area contributed by atoms with Crippen molar-refractivity contribution in [1.29, 1.82) is 0 Å². The van der Waals surface area contributed by atoms with Crippen LogP contribution in [0, 0.1) is 6.92 Å². The van der Waals surface area contributed by atoms with Crippen LogP contribution in [-0.4, -0.2) is 11.0 Å². The van der Waals surface area contributed by atoms with Crippen LogP contribution < -0.4 is 10.5 Å². The van der Waals surface area contributed by atoms with Crippen LogP contribution in [-0.2, 0) is 0 Å². The molecule has 0 spiro atoms. The zero-order valence-electron chi connectivity index (χ0n) is 13.3. The number of hydrogen-bond acceptors (Lipinski definition) is 3. The molecule has 2 N–H and O–H groups in total. The van der Waals surface area contributed by atoms with Crippen molar-refractivity contribution in [2.45, 2.75) is 38.6 Å². The normalized spacial score (nSPS) is 17.9. The van der Waals surface area contributed by atoms with E-state index < -0.39 is 0 Å². The summed E-state index contributed by atoms with van der Waals surface area (Å²) < 4.78 is 5.84. The number of hydrogen-bond donors (Lipinski definition) is 1. The molecule has 1 saturated carbocycles. The van der Waals surface area contributed by atoms with Crippen molar-refractivity contribution in [3.05, 3.63) is 58.3 Å². The van der Waals surface area contributed by atoms with Gasteiger partial charge in [-0.3, -0.25) is 0 Å². The molecule has 1 aromatic heterocycles. The molecular formula is C19H21ClN2O. The second-order valence-corrected chi connectivity index (χ2v) is 6.44. The smallest absolute Gasteiger partial charge is 0.219 e. The van der Waals surface area contributed by atoms with Crippen molar-refractivity contribution in [1.82, 2.24) is 4.98 Å². The Morgan fingerprint density at radius 1 is 1.22 bits per heavy atom. The number of pyridine rings is 1. The molecule has 3 rings (SSSR count). The van der Waals surface area contributed by atoms with Crippen LogP contribution in [0.2, 0.25) is 5.02 Å². The highest BCUT2D eigenvalue weighted by Gasteiger charge is 2.12. The lowest BCUT2D eigenvalue weighted by molar-refractivity contribution is 0.461. The van der Waals surface area contributed by atoms with Gasteiger partial charge in [0.2, 0.25) is 5.88 Å². The maximum absolute atomic E-state index is 5.99. The Kier molecular flexibility index (Phi) is 4.99. The van der Waals surface area contributed by atoms with Gasteiger partial charge in [-0.2, -0.15) is 0 Å². The third kappa shape index (κ3) is 4.34. The molecule has 0 amide bonds. The maximum atomic E-state index is 5.99. The van der Waals surface area contributed by atoms with Gasteiger partial charge >= 0.3 is 0 Å². The average molecular weight is 329 g/mol. The third-order valence-electron chi connectivity index (χ3n) is 4.12. The van der Waals surface area contributed by atoms with Crippen LogP contribution in [0.4, 0.5) is 0 Å². The Hall–Kier alpha value is -1.84. The van der Waals surface area contributed by atoms with Gasteiger partial charge in [0.1, 0.15) is 5.75 Å². The Morgan fingerprint density at radius 3 is 2.74 bits per heavy atom. The van der Waals surface area contributed by atoms with Crippen LogP contribution in [0.1, 0.15) is 36.9 Å². The number of aryl methyl sites for hydroxylation is 1. The highest BCUT2D eigenvalue weighted by Crippen LogP contribution is 2.27. The molecule has 3 nitrogen and oxygen atoms in total. The standard InChI is InChI=1S/C19H21ClN2O/c1-13-18(20)9-10-19(22-13)23-17-4-2-3-15(12-17)11-14-5-7-16(21)8-6-14/h2-4,9-12,16H,5-8,21H2,1H3. The Balaban J connectivity index is 1.74. The van der Waals surface area contributed by atoms with Gasteiger partial charge in [-0.15, -0.1) is 0 Å². The molecule has 1 heterocycles. The minimum atomic E-state index is 0.362. The lowest BCUT2D eigenvalue weighted by atomic mass is 9.90. The number of halogens is 1. The number of ether oxygens (including phenoxy) is 1. The predicted octanol–water partition coefficient (Wildman–Crippen LogP) is 5.12. The Labute approximate surface area is 142 Å². The molecule has 1 aliphatic carbocycles. The van der Waals surface area contributed by atoms with Gasteiger partial charge in [-0.05, 0) is 56.4 Å². The molecule has 0 atom stereocenters. The number of allylic oxidation sites excluding steroid dienone is 1. The minimum absolute atomic E-state index is 0.362. The van der Waals surface area contributed by atoms with Crippen molar-refractivity contribution in [2.75, 3.05) is 0 Å². The lowest BCUT2D eigenvalue weighted by Crippen LogP contribution is -2.23. The second kappa shape index (κ2) is 7.16. The van der Waals surface area contributed by atoms with Crippen molar-refractivity contribution in [3.63, 3.8) is 0 Å². The van der Waals surface area contributed by atoms with Gasteiger partial charge in [-0.1, -0.05) is 35.4 Å². The first-order chi connectivity index (χ1) is 11.1. The fraction of sp³-hybridized carbons (Fsp3) is 0.316. The third-order valence-corrected chi connectivity index (χ3v) is 4.52. The summed E-state index contributed by atoms with van der Waals surface area (Å²) >= 11 is 5.99. The molecule has 0 saturated heterocycles.